The van der Waals surface area contributed by atoms with Crippen LogP contribution in [0.1, 0.15) is 58.4 Å². The fourth-order valence-electron chi connectivity index (χ4n) is 3.88. The minimum absolute atomic E-state index is 0.0202. The van der Waals surface area contributed by atoms with Gasteiger partial charge in [-0.1, -0.05) is 25.3 Å². The van der Waals surface area contributed by atoms with E-state index in [-0.39, 0.29) is 10.9 Å². The zero-order valence-electron chi connectivity index (χ0n) is 18.1. The number of amides is 1. The molecule has 0 aromatic heterocycles. The van der Waals surface area contributed by atoms with Crippen LogP contribution in [0.15, 0.2) is 47.4 Å². The number of esters is 1. The average molecular weight is 445 g/mol. The maximum absolute atomic E-state index is 13.0. The largest absolute Gasteiger partial charge is 0.465 e. The molecule has 166 valence electrons. The number of carbonyl (C=O) groups is 2. The highest BCUT2D eigenvalue weighted by molar-refractivity contribution is 7.89. The third-order valence-corrected chi connectivity index (χ3v) is 7.79. The molecule has 1 saturated carbocycles. The number of rotatable bonds is 6. The minimum atomic E-state index is -3.61. The van der Waals surface area contributed by atoms with Crippen LogP contribution in [0.2, 0.25) is 0 Å². The van der Waals surface area contributed by atoms with Crippen molar-refractivity contribution in [3.05, 3.63) is 59.2 Å². The second kappa shape index (κ2) is 9.62. The fraction of sp³-hybridized carbons (Fsp3) is 0.391. The van der Waals surface area contributed by atoms with E-state index in [0.717, 1.165) is 32.1 Å². The van der Waals surface area contributed by atoms with Gasteiger partial charge in [-0.2, -0.15) is 4.31 Å². The summed E-state index contributed by atoms with van der Waals surface area (Å²) in [5.74, 6) is -0.875. The molecule has 0 atom stereocenters. The van der Waals surface area contributed by atoms with E-state index in [9.17, 15) is 18.0 Å². The Morgan fingerprint density at radius 1 is 1.03 bits per heavy atom. The van der Waals surface area contributed by atoms with Crippen molar-refractivity contribution in [3.63, 3.8) is 0 Å². The Morgan fingerprint density at radius 2 is 1.68 bits per heavy atom. The number of ether oxygens (including phenoxy) is 1. The van der Waals surface area contributed by atoms with E-state index in [2.05, 4.69) is 5.32 Å². The number of hydrogen-bond acceptors (Lipinski definition) is 5. The Kier molecular flexibility index (Phi) is 7.12. The van der Waals surface area contributed by atoms with Gasteiger partial charge in [0.1, 0.15) is 0 Å². The highest BCUT2D eigenvalue weighted by Crippen LogP contribution is 2.27. The Labute approximate surface area is 183 Å². The van der Waals surface area contributed by atoms with Gasteiger partial charge in [-0.05, 0) is 61.7 Å². The standard InChI is InChI=1S/C23H28N2O5S/c1-16-20(23(27)30-3)10-7-11-21(16)24-22(26)17-12-14-19(15-13-17)31(28,29)25(2)18-8-5-4-6-9-18/h7,10-15,18H,4-6,8-9H2,1-3H3,(H,24,26). The number of benzene rings is 2. The van der Waals surface area contributed by atoms with E-state index >= 15 is 0 Å². The lowest BCUT2D eigenvalue weighted by molar-refractivity contribution is 0.0599. The quantitative estimate of drug-likeness (QED) is 0.680. The molecule has 1 fully saturated rings. The summed E-state index contributed by atoms with van der Waals surface area (Å²) in [7, 11) is -0.687. The summed E-state index contributed by atoms with van der Waals surface area (Å²) >= 11 is 0. The molecule has 2 aromatic carbocycles. The summed E-state index contributed by atoms with van der Waals surface area (Å²) in [6, 6.07) is 10.9. The van der Waals surface area contributed by atoms with Gasteiger partial charge in [0.25, 0.3) is 5.91 Å². The van der Waals surface area contributed by atoms with Crippen LogP contribution in [0.4, 0.5) is 5.69 Å². The number of nitrogens with one attached hydrogen (secondary N) is 1. The minimum Gasteiger partial charge on any atom is -0.465 e. The van der Waals surface area contributed by atoms with Gasteiger partial charge in [-0.3, -0.25) is 4.79 Å². The Balaban J connectivity index is 1.75. The van der Waals surface area contributed by atoms with Crippen molar-refractivity contribution in [1.82, 2.24) is 4.31 Å². The third kappa shape index (κ3) is 4.97. The SMILES string of the molecule is COC(=O)c1cccc(NC(=O)c2ccc(S(=O)(=O)N(C)C3CCCCC3)cc2)c1C. The van der Waals surface area contributed by atoms with E-state index in [0.29, 0.717) is 22.4 Å². The molecule has 1 N–H and O–H groups in total. The maximum Gasteiger partial charge on any atom is 0.338 e. The first-order valence-electron chi connectivity index (χ1n) is 10.3. The monoisotopic (exact) mass is 444 g/mol. The highest BCUT2D eigenvalue weighted by Gasteiger charge is 2.29. The lowest BCUT2D eigenvalue weighted by Gasteiger charge is -2.30. The van der Waals surface area contributed by atoms with Crippen LogP contribution < -0.4 is 5.32 Å². The van der Waals surface area contributed by atoms with Crippen LogP contribution in [0.25, 0.3) is 0 Å². The molecule has 0 saturated heterocycles. The predicted molar refractivity (Wildman–Crippen MR) is 119 cm³/mol. The van der Waals surface area contributed by atoms with Crippen molar-refractivity contribution >= 4 is 27.6 Å². The molecule has 0 aliphatic heterocycles. The number of nitrogens with zero attached hydrogens (tertiary/aromatic N) is 1. The number of anilines is 1. The summed E-state index contributed by atoms with van der Waals surface area (Å²) in [4.78, 5) is 24.7. The molecule has 0 radical (unpaired) electrons. The van der Waals surface area contributed by atoms with Crippen LogP contribution in [0.3, 0.4) is 0 Å². The first-order chi connectivity index (χ1) is 14.8. The van der Waals surface area contributed by atoms with Gasteiger partial charge in [0.05, 0.1) is 17.6 Å². The second-order valence-electron chi connectivity index (χ2n) is 7.76. The zero-order valence-corrected chi connectivity index (χ0v) is 18.9. The molecule has 2 aromatic rings. The number of sulfonamides is 1. The van der Waals surface area contributed by atoms with E-state index in [1.807, 2.05) is 0 Å². The van der Waals surface area contributed by atoms with E-state index in [4.69, 9.17) is 4.74 Å². The molecule has 0 spiro atoms. The van der Waals surface area contributed by atoms with Gasteiger partial charge >= 0.3 is 5.97 Å². The molecule has 1 aliphatic rings. The lowest BCUT2D eigenvalue weighted by Crippen LogP contribution is -2.38. The summed E-state index contributed by atoms with van der Waals surface area (Å²) in [5.41, 5.74) is 1.77. The van der Waals surface area contributed by atoms with Crippen LogP contribution >= 0.6 is 0 Å². The normalized spacial score (nSPS) is 15.0. The van der Waals surface area contributed by atoms with Crippen LogP contribution in [-0.2, 0) is 14.8 Å². The van der Waals surface area contributed by atoms with Crippen molar-refractivity contribution in [3.8, 4) is 0 Å². The Hall–Kier alpha value is -2.71. The topological polar surface area (TPSA) is 92.8 Å². The molecule has 0 heterocycles. The number of methoxy groups -OCH3 is 1. The first-order valence-corrected chi connectivity index (χ1v) is 11.8. The Morgan fingerprint density at radius 3 is 2.29 bits per heavy atom. The average Bonchev–Trinajstić information content (AvgIpc) is 2.80. The van der Waals surface area contributed by atoms with Crippen molar-refractivity contribution in [2.45, 2.75) is 50.0 Å². The molecular formula is C23H28N2O5S. The molecule has 7 nitrogen and oxygen atoms in total. The maximum atomic E-state index is 13.0. The van der Waals surface area contributed by atoms with Crippen molar-refractivity contribution in [2.24, 2.45) is 0 Å². The molecule has 0 bridgehead atoms. The molecule has 0 unspecified atom stereocenters. The number of carbonyl (C=O) groups excluding carboxylic acids is 2. The van der Waals surface area contributed by atoms with Gasteiger partial charge in [0.15, 0.2) is 0 Å². The summed E-state index contributed by atoms with van der Waals surface area (Å²) < 4.78 is 32.1. The molecule has 1 amide bonds. The second-order valence-corrected chi connectivity index (χ2v) is 9.76. The van der Waals surface area contributed by atoms with Gasteiger partial charge < -0.3 is 10.1 Å². The smallest absolute Gasteiger partial charge is 0.338 e. The Bertz CT molecular complexity index is 1060. The van der Waals surface area contributed by atoms with Crippen LogP contribution in [0.5, 0.6) is 0 Å². The number of hydrogen-bond donors (Lipinski definition) is 1. The van der Waals surface area contributed by atoms with E-state index in [1.54, 1.807) is 32.2 Å². The van der Waals surface area contributed by atoms with Crippen molar-refractivity contribution < 1.29 is 22.7 Å². The summed E-state index contributed by atoms with van der Waals surface area (Å²) in [5, 5.41) is 2.77. The molecule has 31 heavy (non-hydrogen) atoms. The van der Waals surface area contributed by atoms with Gasteiger partial charge in [-0.15, -0.1) is 0 Å². The highest BCUT2D eigenvalue weighted by atomic mass is 32.2. The van der Waals surface area contributed by atoms with Gasteiger partial charge in [-0.25, -0.2) is 13.2 Å². The van der Waals surface area contributed by atoms with Crippen molar-refractivity contribution in [1.29, 1.82) is 0 Å². The van der Waals surface area contributed by atoms with Crippen LogP contribution in [-0.4, -0.2) is 44.8 Å². The van der Waals surface area contributed by atoms with E-state index in [1.165, 1.54) is 35.7 Å². The van der Waals surface area contributed by atoms with E-state index < -0.39 is 21.9 Å². The summed E-state index contributed by atoms with van der Waals surface area (Å²) in [6.45, 7) is 1.72. The van der Waals surface area contributed by atoms with Gasteiger partial charge in [0, 0.05) is 24.3 Å². The zero-order chi connectivity index (χ0) is 22.6. The van der Waals surface area contributed by atoms with Crippen molar-refractivity contribution in [2.75, 3.05) is 19.5 Å². The van der Waals surface area contributed by atoms with Crippen LogP contribution in [0, 0.1) is 6.92 Å². The summed E-state index contributed by atoms with van der Waals surface area (Å²) in [6.07, 6.45) is 4.98. The predicted octanol–water partition coefficient (Wildman–Crippen LogP) is 3.99. The molecule has 8 heteroatoms. The third-order valence-electron chi connectivity index (χ3n) is 5.87. The molecule has 1 aliphatic carbocycles. The lowest BCUT2D eigenvalue weighted by atomic mass is 9.96. The van der Waals surface area contributed by atoms with Gasteiger partial charge in [0.2, 0.25) is 10.0 Å². The fourth-order valence-corrected chi connectivity index (χ4v) is 5.30. The molecular weight excluding hydrogens is 416 g/mol. The molecule has 3 rings (SSSR count). The first kappa shape index (κ1) is 23.0.